The summed E-state index contributed by atoms with van der Waals surface area (Å²) >= 11 is 0. The van der Waals surface area contributed by atoms with Crippen molar-refractivity contribution in [3.8, 4) is 0 Å². The van der Waals surface area contributed by atoms with Crippen LogP contribution in [0.1, 0.15) is 26.2 Å². The number of likely N-dealkylation sites (tertiary alicyclic amines) is 1. The zero-order chi connectivity index (χ0) is 15.8. The van der Waals surface area contributed by atoms with Gasteiger partial charge in [0.1, 0.15) is 0 Å². The van der Waals surface area contributed by atoms with Crippen LogP contribution in [0.5, 0.6) is 0 Å². The molecule has 1 aliphatic rings. The molecule has 1 heterocycles. The van der Waals surface area contributed by atoms with Crippen LogP contribution in [0.15, 0.2) is 0 Å². The molecule has 1 rings (SSSR count). The maximum Gasteiger partial charge on any atom is 0.303 e. The number of amides is 2. The first-order valence-electron chi connectivity index (χ1n) is 7.24. The van der Waals surface area contributed by atoms with E-state index in [2.05, 4.69) is 5.32 Å². The Morgan fingerprint density at radius 2 is 2.24 bits per heavy atom. The maximum atomic E-state index is 12.0. The van der Waals surface area contributed by atoms with Gasteiger partial charge in [0.25, 0.3) is 0 Å². The lowest BCUT2D eigenvalue weighted by Crippen LogP contribution is -2.36. The van der Waals surface area contributed by atoms with Gasteiger partial charge in [-0.25, -0.2) is 0 Å². The Labute approximate surface area is 124 Å². The van der Waals surface area contributed by atoms with Crippen LogP contribution in [0.2, 0.25) is 0 Å². The number of aliphatic carboxylic acids is 1. The van der Waals surface area contributed by atoms with Gasteiger partial charge in [-0.15, -0.1) is 0 Å². The fraction of sp³-hybridized carbons (Fsp3) is 0.786. The molecule has 0 aromatic heterocycles. The largest absolute Gasteiger partial charge is 0.481 e. The van der Waals surface area contributed by atoms with Crippen molar-refractivity contribution in [1.82, 2.24) is 10.2 Å². The van der Waals surface area contributed by atoms with Gasteiger partial charge in [-0.2, -0.15) is 0 Å². The van der Waals surface area contributed by atoms with Gasteiger partial charge in [0.2, 0.25) is 11.8 Å². The number of rotatable bonds is 9. The van der Waals surface area contributed by atoms with Crippen LogP contribution in [0.4, 0.5) is 0 Å². The molecule has 0 saturated carbocycles. The third-order valence-electron chi connectivity index (χ3n) is 3.76. The van der Waals surface area contributed by atoms with E-state index in [-0.39, 0.29) is 36.5 Å². The fourth-order valence-electron chi connectivity index (χ4n) is 2.36. The molecule has 1 fully saturated rings. The van der Waals surface area contributed by atoms with Gasteiger partial charge in [0.15, 0.2) is 0 Å². The Balaban J connectivity index is 2.39. The van der Waals surface area contributed by atoms with Gasteiger partial charge < -0.3 is 20.1 Å². The van der Waals surface area contributed by atoms with Gasteiger partial charge in [-0.3, -0.25) is 14.4 Å². The molecular formula is C14H24N2O5. The summed E-state index contributed by atoms with van der Waals surface area (Å²) in [4.78, 5) is 36.1. The third-order valence-corrected chi connectivity index (χ3v) is 3.76. The van der Waals surface area contributed by atoms with Crippen molar-refractivity contribution in [1.29, 1.82) is 0 Å². The predicted octanol–water partition coefficient (Wildman–Crippen LogP) is 0.0984. The SMILES string of the molecule is CCC(CNC(=O)C1CC(=O)N(CCOC)C1)CC(=O)O. The van der Waals surface area contributed by atoms with Crippen LogP contribution in [0, 0.1) is 11.8 Å². The topological polar surface area (TPSA) is 95.9 Å². The minimum atomic E-state index is -0.863. The molecule has 0 bridgehead atoms. The van der Waals surface area contributed by atoms with Crippen LogP contribution < -0.4 is 5.32 Å². The number of carbonyl (C=O) groups excluding carboxylic acids is 2. The van der Waals surface area contributed by atoms with Gasteiger partial charge in [-0.1, -0.05) is 13.3 Å². The first-order valence-corrected chi connectivity index (χ1v) is 7.24. The summed E-state index contributed by atoms with van der Waals surface area (Å²) in [5.74, 6) is -1.50. The van der Waals surface area contributed by atoms with Crippen molar-refractivity contribution in [2.45, 2.75) is 26.2 Å². The van der Waals surface area contributed by atoms with Gasteiger partial charge in [0, 0.05) is 39.6 Å². The van der Waals surface area contributed by atoms with Crippen LogP contribution in [-0.2, 0) is 19.1 Å². The van der Waals surface area contributed by atoms with Gasteiger partial charge in [0.05, 0.1) is 12.5 Å². The zero-order valence-electron chi connectivity index (χ0n) is 12.6. The fourth-order valence-corrected chi connectivity index (χ4v) is 2.36. The molecule has 1 aliphatic heterocycles. The Bertz CT molecular complexity index is 386. The van der Waals surface area contributed by atoms with Crippen LogP contribution >= 0.6 is 0 Å². The number of hydrogen-bond acceptors (Lipinski definition) is 4. The second kappa shape index (κ2) is 8.61. The number of ether oxygens (including phenoxy) is 1. The summed E-state index contributed by atoms with van der Waals surface area (Å²) in [5, 5.41) is 11.5. The first-order chi connectivity index (χ1) is 9.97. The van der Waals surface area contributed by atoms with Crippen molar-refractivity contribution in [3.63, 3.8) is 0 Å². The van der Waals surface area contributed by atoms with Gasteiger partial charge >= 0.3 is 5.97 Å². The van der Waals surface area contributed by atoms with Crippen LogP contribution in [-0.4, -0.2) is 61.1 Å². The second-order valence-corrected chi connectivity index (χ2v) is 5.35. The molecule has 2 atom stereocenters. The average Bonchev–Trinajstić information content (AvgIpc) is 2.81. The molecule has 7 heteroatoms. The number of hydrogen-bond donors (Lipinski definition) is 2. The van der Waals surface area contributed by atoms with Crippen molar-refractivity contribution in [2.24, 2.45) is 11.8 Å². The van der Waals surface area contributed by atoms with E-state index in [1.165, 1.54) is 0 Å². The summed E-state index contributed by atoms with van der Waals surface area (Å²) in [5.41, 5.74) is 0. The molecule has 0 aliphatic carbocycles. The summed E-state index contributed by atoms with van der Waals surface area (Å²) in [6.45, 7) is 3.59. The molecule has 2 unspecified atom stereocenters. The quantitative estimate of drug-likeness (QED) is 0.629. The molecule has 7 nitrogen and oxygen atoms in total. The number of carbonyl (C=O) groups is 3. The standard InChI is InChI=1S/C14H24N2O5/c1-3-10(6-13(18)19)8-15-14(20)11-7-12(17)16(9-11)4-5-21-2/h10-11H,3-9H2,1-2H3,(H,15,20)(H,18,19). The molecule has 21 heavy (non-hydrogen) atoms. The summed E-state index contributed by atoms with van der Waals surface area (Å²) < 4.78 is 4.93. The summed E-state index contributed by atoms with van der Waals surface area (Å²) in [7, 11) is 1.57. The monoisotopic (exact) mass is 300 g/mol. The van der Waals surface area contributed by atoms with Gasteiger partial charge in [-0.05, 0) is 5.92 Å². The highest BCUT2D eigenvalue weighted by Crippen LogP contribution is 2.18. The highest BCUT2D eigenvalue weighted by molar-refractivity contribution is 5.89. The molecule has 1 saturated heterocycles. The number of carboxylic acids is 1. The minimum absolute atomic E-state index is 0.0372. The van der Waals surface area contributed by atoms with Crippen molar-refractivity contribution in [2.75, 3.05) is 33.4 Å². The van der Waals surface area contributed by atoms with E-state index in [4.69, 9.17) is 9.84 Å². The molecule has 120 valence electrons. The van der Waals surface area contributed by atoms with E-state index in [0.717, 1.165) is 0 Å². The van der Waals surface area contributed by atoms with Crippen LogP contribution in [0.3, 0.4) is 0 Å². The van der Waals surface area contributed by atoms with Crippen molar-refractivity contribution in [3.05, 3.63) is 0 Å². The Morgan fingerprint density at radius 3 is 2.81 bits per heavy atom. The first kappa shape index (κ1) is 17.4. The summed E-state index contributed by atoms with van der Waals surface area (Å²) in [6.07, 6.45) is 0.946. The third kappa shape index (κ3) is 5.71. The number of nitrogens with one attached hydrogen (secondary N) is 1. The minimum Gasteiger partial charge on any atom is -0.481 e. The van der Waals surface area contributed by atoms with Crippen molar-refractivity contribution < 1.29 is 24.2 Å². The highest BCUT2D eigenvalue weighted by Gasteiger charge is 2.34. The molecule has 2 N–H and O–H groups in total. The zero-order valence-corrected chi connectivity index (χ0v) is 12.6. The van der Waals surface area contributed by atoms with E-state index in [9.17, 15) is 14.4 Å². The number of nitrogens with zero attached hydrogens (tertiary/aromatic N) is 1. The normalized spacial score (nSPS) is 19.6. The van der Waals surface area contributed by atoms with E-state index in [1.807, 2.05) is 6.92 Å². The predicted molar refractivity (Wildman–Crippen MR) is 75.6 cm³/mol. The number of methoxy groups -OCH3 is 1. The lowest BCUT2D eigenvalue weighted by atomic mass is 10.0. The molecule has 0 radical (unpaired) electrons. The molecule has 0 spiro atoms. The van der Waals surface area contributed by atoms with E-state index in [0.29, 0.717) is 32.7 Å². The van der Waals surface area contributed by atoms with Crippen molar-refractivity contribution >= 4 is 17.8 Å². The molecule has 0 aromatic rings. The lowest BCUT2D eigenvalue weighted by Gasteiger charge is -2.17. The second-order valence-electron chi connectivity index (χ2n) is 5.35. The summed E-state index contributed by atoms with van der Waals surface area (Å²) in [6, 6.07) is 0. The molecular weight excluding hydrogens is 276 g/mol. The Hall–Kier alpha value is -1.63. The van der Waals surface area contributed by atoms with E-state index in [1.54, 1.807) is 12.0 Å². The maximum absolute atomic E-state index is 12.0. The Kier molecular flexibility index (Phi) is 7.14. The molecule has 0 aromatic carbocycles. The highest BCUT2D eigenvalue weighted by atomic mass is 16.5. The number of carboxylic acid groups (broad SMARTS) is 1. The van der Waals surface area contributed by atoms with Crippen LogP contribution in [0.25, 0.3) is 0 Å². The smallest absolute Gasteiger partial charge is 0.303 e. The molecule has 2 amide bonds. The average molecular weight is 300 g/mol. The van der Waals surface area contributed by atoms with E-state index >= 15 is 0 Å². The Morgan fingerprint density at radius 1 is 1.52 bits per heavy atom. The lowest BCUT2D eigenvalue weighted by molar-refractivity contribution is -0.138. The van der Waals surface area contributed by atoms with E-state index < -0.39 is 5.97 Å².